The summed E-state index contributed by atoms with van der Waals surface area (Å²) in [6.07, 6.45) is 13.2. The van der Waals surface area contributed by atoms with E-state index in [0.29, 0.717) is 6.42 Å². The standard InChI is InChI=1S/C14H24O2/c1-3-5-7-9-13(15)11-12-14(16)10-8-6-4-2/h3,5,7,9,11,14-16H,4,6,8,10,12H2,1-2H3. The Morgan fingerprint density at radius 1 is 1.25 bits per heavy atom. The van der Waals surface area contributed by atoms with Gasteiger partial charge in [-0.2, -0.15) is 0 Å². The Morgan fingerprint density at radius 3 is 2.62 bits per heavy atom. The summed E-state index contributed by atoms with van der Waals surface area (Å²) in [7, 11) is 0. The first-order valence-corrected chi connectivity index (χ1v) is 6.07. The zero-order valence-electron chi connectivity index (χ0n) is 10.4. The quantitative estimate of drug-likeness (QED) is 0.373. The Morgan fingerprint density at radius 2 is 2.00 bits per heavy atom. The van der Waals surface area contributed by atoms with Crippen LogP contribution in [0.5, 0.6) is 0 Å². The maximum Gasteiger partial charge on any atom is 0.111 e. The summed E-state index contributed by atoms with van der Waals surface area (Å²) >= 11 is 0. The SMILES string of the molecule is CC=CC=CC(O)=CCC(O)CCCCC. The Labute approximate surface area is 99.0 Å². The second-order valence-electron chi connectivity index (χ2n) is 3.90. The molecule has 0 bridgehead atoms. The van der Waals surface area contributed by atoms with Crippen molar-refractivity contribution >= 4 is 0 Å². The average Bonchev–Trinajstić information content (AvgIpc) is 2.27. The molecule has 0 saturated heterocycles. The van der Waals surface area contributed by atoms with E-state index in [2.05, 4.69) is 6.92 Å². The first kappa shape index (κ1) is 15.0. The van der Waals surface area contributed by atoms with Crippen molar-refractivity contribution in [1.29, 1.82) is 0 Å². The van der Waals surface area contributed by atoms with Gasteiger partial charge in [-0.3, -0.25) is 0 Å². The summed E-state index contributed by atoms with van der Waals surface area (Å²) in [6, 6.07) is 0. The van der Waals surface area contributed by atoms with Gasteiger partial charge in [0.2, 0.25) is 0 Å². The summed E-state index contributed by atoms with van der Waals surface area (Å²) in [5.74, 6) is 0.215. The maximum atomic E-state index is 9.60. The van der Waals surface area contributed by atoms with Gasteiger partial charge in [0, 0.05) is 0 Å². The average molecular weight is 224 g/mol. The highest BCUT2D eigenvalue weighted by atomic mass is 16.3. The van der Waals surface area contributed by atoms with Crippen LogP contribution in [0.25, 0.3) is 0 Å². The minimum absolute atomic E-state index is 0.215. The molecule has 0 fully saturated rings. The highest BCUT2D eigenvalue weighted by Crippen LogP contribution is 2.08. The van der Waals surface area contributed by atoms with E-state index in [1.165, 1.54) is 6.42 Å². The second-order valence-corrected chi connectivity index (χ2v) is 3.90. The topological polar surface area (TPSA) is 40.5 Å². The molecule has 2 heteroatoms. The first-order chi connectivity index (χ1) is 7.70. The molecule has 0 radical (unpaired) electrons. The fourth-order valence-electron chi connectivity index (χ4n) is 1.34. The lowest BCUT2D eigenvalue weighted by molar-refractivity contribution is 0.163. The highest BCUT2D eigenvalue weighted by molar-refractivity contribution is 5.15. The number of aliphatic hydroxyl groups excluding tert-OH is 2. The molecule has 2 nitrogen and oxygen atoms in total. The molecule has 0 spiro atoms. The predicted octanol–water partition coefficient (Wildman–Crippen LogP) is 3.89. The summed E-state index contributed by atoms with van der Waals surface area (Å²) < 4.78 is 0. The van der Waals surface area contributed by atoms with Crippen molar-refractivity contribution in [3.63, 3.8) is 0 Å². The number of hydrogen-bond donors (Lipinski definition) is 2. The van der Waals surface area contributed by atoms with E-state index in [9.17, 15) is 10.2 Å². The van der Waals surface area contributed by atoms with Crippen LogP contribution in [0.15, 0.2) is 36.1 Å². The summed E-state index contributed by atoms with van der Waals surface area (Å²) in [5.41, 5.74) is 0. The van der Waals surface area contributed by atoms with Gasteiger partial charge in [0.1, 0.15) is 5.76 Å². The smallest absolute Gasteiger partial charge is 0.111 e. The van der Waals surface area contributed by atoms with Gasteiger partial charge in [-0.15, -0.1) is 0 Å². The van der Waals surface area contributed by atoms with Gasteiger partial charge in [-0.05, 0) is 31.9 Å². The molecule has 0 aliphatic heterocycles. The molecular weight excluding hydrogens is 200 g/mol. The largest absolute Gasteiger partial charge is 0.508 e. The molecule has 0 amide bonds. The number of aliphatic hydroxyl groups is 2. The lowest BCUT2D eigenvalue weighted by Crippen LogP contribution is -2.04. The molecular formula is C14H24O2. The Bertz CT molecular complexity index is 239. The van der Waals surface area contributed by atoms with E-state index >= 15 is 0 Å². The highest BCUT2D eigenvalue weighted by Gasteiger charge is 2.01. The molecule has 0 rings (SSSR count). The molecule has 92 valence electrons. The third-order valence-corrected chi connectivity index (χ3v) is 2.31. The van der Waals surface area contributed by atoms with Gasteiger partial charge >= 0.3 is 0 Å². The molecule has 2 N–H and O–H groups in total. The minimum atomic E-state index is -0.330. The van der Waals surface area contributed by atoms with Gasteiger partial charge in [0.25, 0.3) is 0 Å². The van der Waals surface area contributed by atoms with Gasteiger partial charge < -0.3 is 10.2 Å². The van der Waals surface area contributed by atoms with Crippen LogP contribution in [0.4, 0.5) is 0 Å². The van der Waals surface area contributed by atoms with Crippen molar-refractivity contribution in [3.8, 4) is 0 Å². The molecule has 0 heterocycles. The van der Waals surface area contributed by atoms with Crippen molar-refractivity contribution < 1.29 is 10.2 Å². The Hall–Kier alpha value is -1.02. The van der Waals surface area contributed by atoms with Gasteiger partial charge in [-0.25, -0.2) is 0 Å². The van der Waals surface area contributed by atoms with Gasteiger partial charge in [-0.1, -0.05) is 44.4 Å². The van der Waals surface area contributed by atoms with E-state index < -0.39 is 0 Å². The number of allylic oxidation sites excluding steroid dienone is 4. The molecule has 0 saturated carbocycles. The lowest BCUT2D eigenvalue weighted by Gasteiger charge is -2.06. The minimum Gasteiger partial charge on any atom is -0.508 e. The van der Waals surface area contributed by atoms with E-state index in [1.54, 1.807) is 18.2 Å². The fraction of sp³-hybridized carbons (Fsp3) is 0.571. The molecule has 16 heavy (non-hydrogen) atoms. The van der Waals surface area contributed by atoms with E-state index in [1.807, 2.05) is 19.1 Å². The summed E-state index contributed by atoms with van der Waals surface area (Å²) in [4.78, 5) is 0. The normalized spacial score (nSPS) is 15.1. The van der Waals surface area contributed by atoms with Crippen molar-refractivity contribution in [2.24, 2.45) is 0 Å². The van der Waals surface area contributed by atoms with Crippen LogP contribution in [-0.2, 0) is 0 Å². The maximum absolute atomic E-state index is 9.60. The summed E-state index contributed by atoms with van der Waals surface area (Å²) in [5, 5.41) is 19.0. The third-order valence-electron chi connectivity index (χ3n) is 2.31. The van der Waals surface area contributed by atoms with Crippen molar-refractivity contribution in [3.05, 3.63) is 36.1 Å². The molecule has 1 atom stereocenters. The van der Waals surface area contributed by atoms with E-state index in [0.717, 1.165) is 19.3 Å². The Balaban J connectivity index is 3.78. The van der Waals surface area contributed by atoms with Crippen LogP contribution in [-0.4, -0.2) is 16.3 Å². The van der Waals surface area contributed by atoms with Crippen LogP contribution in [0.3, 0.4) is 0 Å². The van der Waals surface area contributed by atoms with Crippen molar-refractivity contribution in [1.82, 2.24) is 0 Å². The predicted molar refractivity (Wildman–Crippen MR) is 69.4 cm³/mol. The van der Waals surface area contributed by atoms with Crippen molar-refractivity contribution in [2.45, 2.75) is 52.1 Å². The molecule has 0 aliphatic carbocycles. The zero-order valence-corrected chi connectivity index (χ0v) is 10.4. The van der Waals surface area contributed by atoms with Crippen molar-refractivity contribution in [2.75, 3.05) is 0 Å². The van der Waals surface area contributed by atoms with Gasteiger partial charge in [0.15, 0.2) is 0 Å². The van der Waals surface area contributed by atoms with Crippen LogP contribution in [0.1, 0.15) is 46.0 Å². The Kier molecular flexibility index (Phi) is 9.83. The number of unbranched alkanes of at least 4 members (excludes halogenated alkanes) is 2. The number of rotatable bonds is 8. The molecule has 0 aromatic carbocycles. The molecule has 0 aromatic heterocycles. The van der Waals surface area contributed by atoms with Gasteiger partial charge in [0.05, 0.1) is 6.10 Å². The zero-order chi connectivity index (χ0) is 12.2. The fourth-order valence-corrected chi connectivity index (χ4v) is 1.34. The van der Waals surface area contributed by atoms with Crippen LogP contribution in [0, 0.1) is 0 Å². The van der Waals surface area contributed by atoms with Crippen LogP contribution in [0.2, 0.25) is 0 Å². The van der Waals surface area contributed by atoms with Crippen LogP contribution < -0.4 is 0 Å². The molecule has 1 unspecified atom stereocenters. The van der Waals surface area contributed by atoms with Crippen LogP contribution >= 0.6 is 0 Å². The monoisotopic (exact) mass is 224 g/mol. The molecule has 0 aliphatic rings. The second kappa shape index (κ2) is 10.5. The molecule has 0 aromatic rings. The first-order valence-electron chi connectivity index (χ1n) is 6.07. The van der Waals surface area contributed by atoms with E-state index in [4.69, 9.17) is 0 Å². The summed E-state index contributed by atoms with van der Waals surface area (Å²) in [6.45, 7) is 4.06. The number of hydrogen-bond acceptors (Lipinski definition) is 2. The van der Waals surface area contributed by atoms with E-state index in [-0.39, 0.29) is 11.9 Å². The lowest BCUT2D eigenvalue weighted by atomic mass is 10.1. The third kappa shape index (κ3) is 9.53.